The normalized spacial score (nSPS) is 17.1. The molecule has 0 heterocycles. The minimum atomic E-state index is 0.114. The molecule has 0 spiro atoms. The molecular formula is C23H26O. The first-order valence-electron chi connectivity index (χ1n) is 9.25. The molecule has 0 aromatic heterocycles. The fourth-order valence-electron chi connectivity index (χ4n) is 4.59. The lowest BCUT2D eigenvalue weighted by atomic mass is 9.70. The van der Waals surface area contributed by atoms with Gasteiger partial charge in [0.1, 0.15) is 0 Å². The third kappa shape index (κ3) is 2.26. The molecule has 2 aliphatic carbocycles. The summed E-state index contributed by atoms with van der Waals surface area (Å²) in [6.07, 6.45) is 10.7. The predicted molar refractivity (Wildman–Crippen MR) is 99.7 cm³/mol. The van der Waals surface area contributed by atoms with Gasteiger partial charge in [0.05, 0.1) is 6.61 Å². The highest BCUT2D eigenvalue weighted by atomic mass is 16.3. The summed E-state index contributed by atoms with van der Waals surface area (Å²) in [6, 6.07) is 10.9. The van der Waals surface area contributed by atoms with Crippen LogP contribution in [-0.4, -0.2) is 5.11 Å². The number of rotatable bonds is 3. The standard InChI is InChI=1S/C23H26O/c1-3-23(4-2)13-12-16-8-9-20-19-7-5-6-17(15-24)18(19)10-11-21(20)22(16)14-23/h5-10,12,24H,3-4,11,13-15H2,1-2H3. The molecule has 0 saturated heterocycles. The molecule has 0 radical (unpaired) electrons. The largest absolute Gasteiger partial charge is 0.392 e. The van der Waals surface area contributed by atoms with Gasteiger partial charge in [-0.15, -0.1) is 0 Å². The topological polar surface area (TPSA) is 20.2 Å². The molecule has 0 bridgehead atoms. The van der Waals surface area contributed by atoms with E-state index in [2.05, 4.69) is 50.3 Å². The molecule has 24 heavy (non-hydrogen) atoms. The van der Waals surface area contributed by atoms with E-state index in [1.54, 1.807) is 5.56 Å². The molecule has 0 aliphatic heterocycles. The third-order valence-corrected chi connectivity index (χ3v) is 6.44. The van der Waals surface area contributed by atoms with Gasteiger partial charge in [0.2, 0.25) is 0 Å². The van der Waals surface area contributed by atoms with Crippen LogP contribution < -0.4 is 10.4 Å². The van der Waals surface area contributed by atoms with Gasteiger partial charge in [-0.1, -0.05) is 56.3 Å². The van der Waals surface area contributed by atoms with Gasteiger partial charge >= 0.3 is 0 Å². The average Bonchev–Trinajstić information content (AvgIpc) is 2.66. The Morgan fingerprint density at radius 3 is 2.54 bits per heavy atom. The summed E-state index contributed by atoms with van der Waals surface area (Å²) in [7, 11) is 0. The second kappa shape index (κ2) is 5.89. The zero-order valence-corrected chi connectivity index (χ0v) is 14.7. The van der Waals surface area contributed by atoms with Crippen LogP contribution in [0.15, 0.2) is 30.3 Å². The third-order valence-electron chi connectivity index (χ3n) is 6.44. The Morgan fingerprint density at radius 2 is 1.79 bits per heavy atom. The summed E-state index contributed by atoms with van der Waals surface area (Å²) in [6.45, 7) is 4.79. The SMILES string of the molecule is CCC1(CC)CC=c2ccc3c(c2C1)CC=c1c(CO)cccc1=3. The second-order valence-corrected chi connectivity index (χ2v) is 7.40. The monoisotopic (exact) mass is 318 g/mol. The van der Waals surface area contributed by atoms with Crippen molar-refractivity contribution in [2.24, 2.45) is 5.41 Å². The maximum atomic E-state index is 9.64. The molecule has 0 fully saturated rings. The number of aliphatic hydroxyl groups is 1. The Hall–Kier alpha value is -1.86. The van der Waals surface area contributed by atoms with Crippen molar-refractivity contribution >= 4 is 12.2 Å². The minimum Gasteiger partial charge on any atom is -0.392 e. The van der Waals surface area contributed by atoms with Gasteiger partial charge < -0.3 is 5.11 Å². The minimum absolute atomic E-state index is 0.114. The van der Waals surface area contributed by atoms with E-state index in [0.29, 0.717) is 5.41 Å². The predicted octanol–water partition coefficient (Wildman–Crippen LogP) is 3.34. The van der Waals surface area contributed by atoms with Gasteiger partial charge in [-0.3, -0.25) is 0 Å². The average molecular weight is 318 g/mol. The smallest absolute Gasteiger partial charge is 0.0687 e. The van der Waals surface area contributed by atoms with Gasteiger partial charge in [-0.25, -0.2) is 0 Å². The zero-order valence-electron chi connectivity index (χ0n) is 14.7. The summed E-state index contributed by atoms with van der Waals surface area (Å²) in [5, 5.41) is 15.0. The highest BCUT2D eigenvalue weighted by molar-refractivity contribution is 5.49. The molecule has 2 aromatic rings. The van der Waals surface area contributed by atoms with Crippen LogP contribution in [0.1, 0.15) is 49.8 Å². The van der Waals surface area contributed by atoms with Gasteiger partial charge in [0.25, 0.3) is 0 Å². The quantitative estimate of drug-likeness (QED) is 0.920. The molecule has 0 atom stereocenters. The number of benzene rings is 2. The number of aliphatic hydroxyl groups excluding tert-OH is 1. The first kappa shape index (κ1) is 15.7. The Balaban J connectivity index is 2.04. The lowest BCUT2D eigenvalue weighted by molar-refractivity contribution is 0.264. The lowest BCUT2D eigenvalue weighted by Crippen LogP contribution is -2.31. The molecule has 0 amide bonds. The summed E-state index contributed by atoms with van der Waals surface area (Å²) < 4.78 is 0. The van der Waals surface area contributed by atoms with Crippen LogP contribution >= 0.6 is 0 Å². The van der Waals surface area contributed by atoms with E-state index in [0.717, 1.165) is 12.0 Å². The van der Waals surface area contributed by atoms with E-state index in [1.807, 2.05) is 6.07 Å². The Bertz CT molecular complexity index is 994. The van der Waals surface area contributed by atoms with Crippen LogP contribution in [0.4, 0.5) is 0 Å². The summed E-state index contributed by atoms with van der Waals surface area (Å²) >= 11 is 0. The van der Waals surface area contributed by atoms with E-state index in [-0.39, 0.29) is 6.61 Å². The molecule has 2 aromatic carbocycles. The number of hydrogen-bond donors (Lipinski definition) is 1. The van der Waals surface area contributed by atoms with Crippen LogP contribution in [0.3, 0.4) is 0 Å². The van der Waals surface area contributed by atoms with Crippen LogP contribution in [-0.2, 0) is 19.4 Å². The number of fused-ring (bicyclic) bond motifs is 4. The molecule has 1 heteroatoms. The molecule has 4 rings (SSSR count). The van der Waals surface area contributed by atoms with Crippen molar-refractivity contribution in [2.45, 2.75) is 52.6 Å². The van der Waals surface area contributed by atoms with Gasteiger partial charge in [-0.05, 0) is 75.1 Å². The van der Waals surface area contributed by atoms with Crippen molar-refractivity contribution < 1.29 is 5.11 Å². The fraction of sp³-hybridized carbons (Fsp3) is 0.391. The van der Waals surface area contributed by atoms with E-state index in [1.165, 1.54) is 52.1 Å². The summed E-state index contributed by atoms with van der Waals surface area (Å²) in [5.74, 6) is 0. The first-order valence-corrected chi connectivity index (χ1v) is 9.25. The zero-order chi connectivity index (χ0) is 16.7. The maximum Gasteiger partial charge on any atom is 0.0687 e. The summed E-state index contributed by atoms with van der Waals surface area (Å²) in [5.41, 5.74) is 4.56. The Kier molecular flexibility index (Phi) is 3.85. The molecular weight excluding hydrogens is 292 g/mol. The molecule has 0 saturated carbocycles. The molecule has 1 nitrogen and oxygen atoms in total. The first-order chi connectivity index (χ1) is 11.7. The van der Waals surface area contributed by atoms with E-state index < -0.39 is 0 Å². The highest BCUT2D eigenvalue weighted by Gasteiger charge is 2.29. The highest BCUT2D eigenvalue weighted by Crippen LogP contribution is 2.37. The molecule has 1 N–H and O–H groups in total. The van der Waals surface area contributed by atoms with Crippen molar-refractivity contribution in [3.63, 3.8) is 0 Å². The van der Waals surface area contributed by atoms with E-state index in [4.69, 9.17) is 0 Å². The van der Waals surface area contributed by atoms with E-state index in [9.17, 15) is 5.11 Å². The van der Waals surface area contributed by atoms with Crippen LogP contribution in [0, 0.1) is 15.9 Å². The van der Waals surface area contributed by atoms with Gasteiger partial charge in [-0.2, -0.15) is 0 Å². The fourth-order valence-corrected chi connectivity index (χ4v) is 4.59. The van der Waals surface area contributed by atoms with Crippen molar-refractivity contribution in [1.82, 2.24) is 0 Å². The van der Waals surface area contributed by atoms with Gasteiger partial charge in [0.15, 0.2) is 0 Å². The molecule has 124 valence electrons. The molecule has 0 unspecified atom stereocenters. The van der Waals surface area contributed by atoms with Crippen LogP contribution in [0.25, 0.3) is 12.2 Å². The second-order valence-electron chi connectivity index (χ2n) is 7.40. The lowest BCUT2D eigenvalue weighted by Gasteiger charge is -2.35. The van der Waals surface area contributed by atoms with Crippen molar-refractivity contribution in [1.29, 1.82) is 0 Å². The van der Waals surface area contributed by atoms with Crippen LogP contribution in [0.5, 0.6) is 0 Å². The van der Waals surface area contributed by atoms with Crippen molar-refractivity contribution in [2.75, 3.05) is 0 Å². The maximum absolute atomic E-state index is 9.64. The Labute approximate surface area is 143 Å². The number of hydrogen-bond acceptors (Lipinski definition) is 1. The van der Waals surface area contributed by atoms with Crippen molar-refractivity contribution in [3.8, 4) is 0 Å². The van der Waals surface area contributed by atoms with Gasteiger partial charge in [0, 0.05) is 0 Å². The molecule has 2 aliphatic rings. The Morgan fingerprint density at radius 1 is 0.958 bits per heavy atom. The summed E-state index contributed by atoms with van der Waals surface area (Å²) in [4.78, 5) is 0. The van der Waals surface area contributed by atoms with Crippen LogP contribution in [0.2, 0.25) is 0 Å². The van der Waals surface area contributed by atoms with E-state index >= 15 is 0 Å². The van der Waals surface area contributed by atoms with Crippen molar-refractivity contribution in [3.05, 3.63) is 67.9 Å².